The molecule has 4 nitrogen and oxygen atoms in total. The Hall–Kier alpha value is -1.49. The summed E-state index contributed by atoms with van der Waals surface area (Å²) in [7, 11) is 0. The number of ether oxygens (including phenoxy) is 2. The van der Waals surface area contributed by atoms with Gasteiger partial charge in [0, 0.05) is 6.07 Å². The van der Waals surface area contributed by atoms with E-state index >= 15 is 0 Å². The second kappa shape index (κ2) is 7.19. The van der Waals surface area contributed by atoms with Crippen LogP contribution in [-0.4, -0.2) is 23.8 Å². The highest BCUT2D eigenvalue weighted by Crippen LogP contribution is 2.32. The maximum Gasteiger partial charge on any atom is 0.347 e. The zero-order valence-corrected chi connectivity index (χ0v) is 11.8. The lowest BCUT2D eigenvalue weighted by Gasteiger charge is -2.14. The van der Waals surface area contributed by atoms with E-state index in [9.17, 15) is 9.18 Å². The summed E-state index contributed by atoms with van der Waals surface area (Å²) in [5, 5.41) is 2.07. The summed E-state index contributed by atoms with van der Waals surface area (Å²) in [5.41, 5.74) is -0.0644. The molecule has 0 saturated carbocycles. The molecule has 102 valence electrons. The Morgan fingerprint density at radius 2 is 2.32 bits per heavy atom. The number of hydrogen-bond acceptors (Lipinski definition) is 5. The van der Waals surface area contributed by atoms with E-state index in [1.54, 1.807) is 6.92 Å². The van der Waals surface area contributed by atoms with Crippen molar-refractivity contribution in [2.75, 3.05) is 6.61 Å². The number of carbonyl (C=O) groups is 1. The zero-order valence-electron chi connectivity index (χ0n) is 10.3. The number of isothiocyanates is 1. The Bertz CT molecular complexity index is 532. The quantitative estimate of drug-likeness (QED) is 0.474. The van der Waals surface area contributed by atoms with Crippen molar-refractivity contribution < 1.29 is 18.7 Å². The van der Waals surface area contributed by atoms with Gasteiger partial charge >= 0.3 is 5.97 Å². The fourth-order valence-electron chi connectivity index (χ4n) is 1.24. The molecule has 0 radical (unpaired) electrons. The average Bonchev–Trinajstić information content (AvgIpc) is 2.35. The number of aliphatic imine (C=N–C) groups is 1. The van der Waals surface area contributed by atoms with Gasteiger partial charge in [-0.3, -0.25) is 0 Å². The first-order valence-corrected chi connectivity index (χ1v) is 6.18. The van der Waals surface area contributed by atoms with Crippen LogP contribution in [0.2, 0.25) is 5.02 Å². The summed E-state index contributed by atoms with van der Waals surface area (Å²) in [5.74, 6) is -1.08. The first-order chi connectivity index (χ1) is 8.99. The summed E-state index contributed by atoms with van der Waals surface area (Å²) < 4.78 is 23.5. The van der Waals surface area contributed by atoms with Gasteiger partial charge in [0.1, 0.15) is 11.4 Å². The summed E-state index contributed by atoms with van der Waals surface area (Å²) in [6.07, 6.45) is -0.868. The molecule has 1 aromatic carbocycles. The van der Waals surface area contributed by atoms with Crippen LogP contribution >= 0.6 is 23.8 Å². The number of esters is 1. The van der Waals surface area contributed by atoms with Crippen LogP contribution in [-0.2, 0) is 9.53 Å². The van der Waals surface area contributed by atoms with Gasteiger partial charge in [0.25, 0.3) is 0 Å². The Morgan fingerprint density at radius 3 is 2.89 bits per heavy atom. The monoisotopic (exact) mass is 303 g/mol. The lowest BCUT2D eigenvalue weighted by atomic mass is 10.3. The minimum Gasteiger partial charge on any atom is -0.477 e. The second-order valence-corrected chi connectivity index (χ2v) is 4.04. The number of halogens is 2. The van der Waals surface area contributed by atoms with Crippen molar-refractivity contribution in [1.29, 1.82) is 0 Å². The van der Waals surface area contributed by atoms with Crippen molar-refractivity contribution in [3.8, 4) is 5.75 Å². The molecule has 0 fully saturated rings. The number of rotatable bonds is 5. The Kier molecular flexibility index (Phi) is 5.89. The molecule has 0 aliphatic heterocycles. The molecule has 1 atom stereocenters. The van der Waals surface area contributed by atoms with Gasteiger partial charge in [0.2, 0.25) is 0 Å². The maximum atomic E-state index is 13.4. The Balaban J connectivity index is 2.97. The summed E-state index contributed by atoms with van der Waals surface area (Å²) in [4.78, 5) is 15.0. The van der Waals surface area contributed by atoms with Gasteiger partial charge in [0.05, 0.1) is 16.8 Å². The van der Waals surface area contributed by atoms with Crippen molar-refractivity contribution in [2.45, 2.75) is 20.0 Å². The Labute approximate surface area is 120 Å². The molecule has 0 heterocycles. The third-order valence-corrected chi connectivity index (χ3v) is 2.48. The highest BCUT2D eigenvalue weighted by molar-refractivity contribution is 7.78. The van der Waals surface area contributed by atoms with Crippen molar-refractivity contribution in [1.82, 2.24) is 0 Å². The minimum atomic E-state index is -0.868. The smallest absolute Gasteiger partial charge is 0.347 e. The molecule has 0 N–H and O–H groups in total. The molecule has 0 bridgehead atoms. The van der Waals surface area contributed by atoms with E-state index in [-0.39, 0.29) is 23.1 Å². The Morgan fingerprint density at radius 1 is 1.63 bits per heavy atom. The third-order valence-electron chi connectivity index (χ3n) is 2.09. The SMILES string of the molecule is CCOC(=O)C(C)Oc1cc(N=C=S)c(F)cc1Cl. The molecule has 19 heavy (non-hydrogen) atoms. The van der Waals surface area contributed by atoms with Crippen LogP contribution in [0.15, 0.2) is 17.1 Å². The van der Waals surface area contributed by atoms with Gasteiger partial charge in [-0.1, -0.05) is 11.6 Å². The molecular formula is C12H11ClFNO3S. The molecule has 0 spiro atoms. The van der Waals surface area contributed by atoms with E-state index < -0.39 is 17.9 Å². The van der Waals surface area contributed by atoms with Gasteiger partial charge in [-0.25, -0.2) is 9.18 Å². The average molecular weight is 304 g/mol. The predicted octanol–water partition coefficient (Wildman–Crippen LogP) is 3.54. The molecule has 1 unspecified atom stereocenters. The second-order valence-electron chi connectivity index (χ2n) is 3.45. The molecule has 7 heteroatoms. The molecule has 1 aromatic rings. The molecule has 0 saturated heterocycles. The molecular weight excluding hydrogens is 293 g/mol. The summed E-state index contributed by atoms with van der Waals surface area (Å²) >= 11 is 10.2. The van der Waals surface area contributed by atoms with Gasteiger partial charge in [-0.15, -0.1) is 0 Å². The first-order valence-electron chi connectivity index (χ1n) is 5.39. The van der Waals surface area contributed by atoms with Crippen molar-refractivity contribution >= 4 is 40.6 Å². The van der Waals surface area contributed by atoms with E-state index in [1.165, 1.54) is 13.0 Å². The lowest BCUT2D eigenvalue weighted by Crippen LogP contribution is -2.26. The first kappa shape index (κ1) is 15.6. The van der Waals surface area contributed by atoms with Crippen molar-refractivity contribution in [3.63, 3.8) is 0 Å². The molecule has 0 aliphatic rings. The molecule has 0 aromatic heterocycles. The fraction of sp³-hybridized carbons (Fsp3) is 0.333. The van der Waals surface area contributed by atoms with Crippen molar-refractivity contribution in [3.05, 3.63) is 23.0 Å². The number of benzene rings is 1. The van der Waals surface area contributed by atoms with Gasteiger partial charge in [0.15, 0.2) is 11.9 Å². The summed E-state index contributed by atoms with van der Waals surface area (Å²) in [6, 6.07) is 2.27. The summed E-state index contributed by atoms with van der Waals surface area (Å²) in [6.45, 7) is 3.42. The van der Waals surface area contributed by atoms with E-state index in [2.05, 4.69) is 17.2 Å². The largest absolute Gasteiger partial charge is 0.477 e. The van der Waals surface area contributed by atoms with E-state index in [1.807, 2.05) is 5.16 Å². The van der Waals surface area contributed by atoms with E-state index in [4.69, 9.17) is 21.1 Å². The number of nitrogens with zero attached hydrogens (tertiary/aromatic N) is 1. The minimum absolute atomic E-state index is 0.0250. The van der Waals surface area contributed by atoms with Crippen LogP contribution < -0.4 is 4.74 Å². The van der Waals surface area contributed by atoms with Crippen LogP contribution in [0, 0.1) is 5.82 Å². The molecule has 1 rings (SSSR count). The predicted molar refractivity (Wildman–Crippen MR) is 72.8 cm³/mol. The normalized spacial score (nSPS) is 11.4. The zero-order chi connectivity index (χ0) is 14.4. The lowest BCUT2D eigenvalue weighted by molar-refractivity contribution is -0.150. The highest BCUT2D eigenvalue weighted by atomic mass is 35.5. The van der Waals surface area contributed by atoms with Gasteiger partial charge in [-0.05, 0) is 32.1 Å². The maximum absolute atomic E-state index is 13.4. The fourth-order valence-corrected chi connectivity index (χ4v) is 1.53. The van der Waals surface area contributed by atoms with Crippen LogP contribution in [0.25, 0.3) is 0 Å². The van der Waals surface area contributed by atoms with E-state index in [0.717, 1.165) is 6.07 Å². The van der Waals surface area contributed by atoms with Gasteiger partial charge < -0.3 is 9.47 Å². The number of carbonyl (C=O) groups excluding carboxylic acids is 1. The topological polar surface area (TPSA) is 47.9 Å². The number of hydrogen-bond donors (Lipinski definition) is 0. The standard InChI is InChI=1S/C12H11ClFNO3S/c1-3-17-12(16)7(2)18-11-5-10(15-6-19)9(14)4-8(11)13/h4-5,7H,3H2,1-2H3. The van der Waals surface area contributed by atoms with Crippen LogP contribution in [0.4, 0.5) is 10.1 Å². The van der Waals surface area contributed by atoms with Crippen LogP contribution in [0.3, 0.4) is 0 Å². The highest BCUT2D eigenvalue weighted by Gasteiger charge is 2.18. The molecule has 0 aliphatic carbocycles. The van der Waals surface area contributed by atoms with Gasteiger partial charge in [-0.2, -0.15) is 4.99 Å². The number of thiocarbonyl (C=S) groups is 1. The van der Waals surface area contributed by atoms with Crippen LogP contribution in [0.1, 0.15) is 13.8 Å². The molecule has 0 amide bonds. The van der Waals surface area contributed by atoms with E-state index in [0.29, 0.717) is 0 Å². The van der Waals surface area contributed by atoms with Crippen molar-refractivity contribution in [2.24, 2.45) is 4.99 Å². The van der Waals surface area contributed by atoms with Crippen LogP contribution in [0.5, 0.6) is 5.75 Å². The third kappa shape index (κ3) is 4.28.